The lowest BCUT2D eigenvalue weighted by atomic mass is 10.2. The Bertz CT molecular complexity index is 802. The summed E-state index contributed by atoms with van der Waals surface area (Å²) in [7, 11) is 0. The summed E-state index contributed by atoms with van der Waals surface area (Å²) < 4.78 is 2.90. The summed E-state index contributed by atoms with van der Waals surface area (Å²) in [6, 6.07) is 11.1. The van der Waals surface area contributed by atoms with Gasteiger partial charge in [0.1, 0.15) is 11.4 Å². The highest BCUT2D eigenvalue weighted by Gasteiger charge is 2.20. The Balaban J connectivity index is 2.06. The van der Waals surface area contributed by atoms with Gasteiger partial charge in [0.05, 0.1) is 11.9 Å². The molecule has 0 bridgehead atoms. The molecule has 0 aliphatic rings. The number of halogens is 2. The number of benzene rings is 1. The van der Waals surface area contributed by atoms with Crippen LogP contribution in [0.4, 0.5) is 0 Å². The van der Waals surface area contributed by atoms with E-state index >= 15 is 0 Å². The molecule has 5 nitrogen and oxygen atoms in total. The lowest BCUT2D eigenvalue weighted by molar-refractivity contribution is 0.102. The summed E-state index contributed by atoms with van der Waals surface area (Å²) in [5.74, 6) is -0.247. The minimum Gasteiger partial charge on any atom is -0.285 e. The zero-order valence-electron chi connectivity index (χ0n) is 10.6. The van der Waals surface area contributed by atoms with Gasteiger partial charge in [-0.05, 0) is 50.1 Å². The lowest BCUT2D eigenvalue weighted by Gasteiger charge is -2.06. The topological polar surface area (TPSA) is 60.7 Å². The molecule has 21 heavy (non-hydrogen) atoms. The van der Waals surface area contributed by atoms with E-state index in [0.29, 0.717) is 15.9 Å². The summed E-state index contributed by atoms with van der Waals surface area (Å²) in [6.45, 7) is 0. The molecule has 2 heterocycles. The molecule has 0 unspecified atom stereocenters. The second-order valence-corrected chi connectivity index (χ2v) is 5.95. The first-order valence-corrected chi connectivity index (χ1v) is 7.57. The first-order chi connectivity index (χ1) is 10.2. The van der Waals surface area contributed by atoms with Crippen LogP contribution in [0.15, 0.2) is 57.7 Å². The van der Waals surface area contributed by atoms with Crippen molar-refractivity contribution in [2.24, 2.45) is 0 Å². The quantitative estimate of drug-likeness (QED) is 0.624. The second-order valence-electron chi connectivity index (χ2n) is 4.18. The van der Waals surface area contributed by atoms with Crippen LogP contribution in [0.3, 0.4) is 0 Å². The number of rotatable bonds is 3. The Morgan fingerprint density at radius 3 is 2.57 bits per heavy atom. The molecule has 0 saturated carbocycles. The fourth-order valence-corrected chi connectivity index (χ4v) is 3.02. The molecule has 1 aromatic carbocycles. The normalized spacial score (nSPS) is 10.6. The first-order valence-electron chi connectivity index (χ1n) is 5.98. The monoisotopic (exact) mass is 406 g/mol. The van der Waals surface area contributed by atoms with E-state index in [1.54, 1.807) is 12.3 Å². The predicted molar refractivity (Wildman–Crippen MR) is 84.4 cm³/mol. The van der Waals surface area contributed by atoms with E-state index in [2.05, 4.69) is 47.2 Å². The van der Waals surface area contributed by atoms with Crippen molar-refractivity contribution < 1.29 is 4.79 Å². The fraction of sp³-hybridized carbons (Fsp3) is 0. The van der Waals surface area contributed by atoms with Crippen molar-refractivity contribution in [2.45, 2.75) is 0 Å². The van der Waals surface area contributed by atoms with Gasteiger partial charge in [-0.2, -0.15) is 0 Å². The van der Waals surface area contributed by atoms with E-state index < -0.39 is 0 Å². The van der Waals surface area contributed by atoms with Gasteiger partial charge in [0.25, 0.3) is 0 Å². The highest BCUT2D eigenvalue weighted by Crippen LogP contribution is 2.22. The van der Waals surface area contributed by atoms with E-state index in [1.165, 1.54) is 10.9 Å². The molecule has 0 aliphatic heterocycles. The van der Waals surface area contributed by atoms with Gasteiger partial charge in [-0.3, -0.25) is 9.78 Å². The number of pyridine rings is 1. The summed E-state index contributed by atoms with van der Waals surface area (Å²) >= 11 is 6.66. The van der Waals surface area contributed by atoms with Crippen LogP contribution in [0.25, 0.3) is 5.69 Å². The third-order valence-corrected chi connectivity index (χ3v) is 3.84. The SMILES string of the molecule is O=C(c1ncc(Br)cc1Br)c1cnnn1-c1ccccc1. The zero-order chi connectivity index (χ0) is 14.8. The number of carbonyl (C=O) groups excluding carboxylic acids is 1. The second kappa shape index (κ2) is 5.87. The average Bonchev–Trinajstić information content (AvgIpc) is 2.97. The maximum Gasteiger partial charge on any atom is 0.232 e. The molecule has 0 saturated heterocycles. The summed E-state index contributed by atoms with van der Waals surface area (Å²) in [6.07, 6.45) is 3.01. The van der Waals surface area contributed by atoms with Crippen molar-refractivity contribution in [3.63, 3.8) is 0 Å². The van der Waals surface area contributed by atoms with Crippen molar-refractivity contribution in [3.8, 4) is 5.69 Å². The average molecular weight is 408 g/mol. The molecule has 3 rings (SSSR count). The molecule has 0 aliphatic carbocycles. The smallest absolute Gasteiger partial charge is 0.232 e. The van der Waals surface area contributed by atoms with Gasteiger partial charge in [-0.1, -0.05) is 23.4 Å². The molecule has 3 aromatic rings. The molecular weight excluding hydrogens is 400 g/mol. The Hall–Kier alpha value is -1.86. The largest absolute Gasteiger partial charge is 0.285 e. The summed E-state index contributed by atoms with van der Waals surface area (Å²) in [4.78, 5) is 16.8. The standard InChI is InChI=1S/C14H8Br2N4O/c15-9-6-11(16)13(17-7-9)14(21)12-8-18-19-20(12)10-4-2-1-3-5-10/h1-8H. The van der Waals surface area contributed by atoms with Crippen molar-refractivity contribution in [2.75, 3.05) is 0 Å². The number of ketones is 1. The number of hydrogen-bond donors (Lipinski definition) is 0. The molecule has 0 spiro atoms. The Morgan fingerprint density at radius 2 is 1.86 bits per heavy atom. The molecule has 104 valence electrons. The van der Waals surface area contributed by atoms with Gasteiger partial charge >= 0.3 is 0 Å². The van der Waals surface area contributed by atoms with Crippen LogP contribution in [0.1, 0.15) is 16.2 Å². The van der Waals surface area contributed by atoms with Crippen LogP contribution in [-0.2, 0) is 0 Å². The van der Waals surface area contributed by atoms with Gasteiger partial charge in [0.15, 0.2) is 0 Å². The van der Waals surface area contributed by atoms with Crippen molar-refractivity contribution >= 4 is 37.6 Å². The highest BCUT2D eigenvalue weighted by molar-refractivity contribution is 9.11. The Labute approximate surface area is 137 Å². The van der Waals surface area contributed by atoms with Gasteiger partial charge in [0, 0.05) is 15.1 Å². The molecule has 0 radical (unpaired) electrons. The minimum absolute atomic E-state index is 0.247. The van der Waals surface area contributed by atoms with E-state index in [1.807, 2.05) is 30.3 Å². The van der Waals surface area contributed by atoms with E-state index in [-0.39, 0.29) is 5.78 Å². The Kier molecular flexibility index (Phi) is 3.94. The third-order valence-electron chi connectivity index (χ3n) is 2.81. The van der Waals surface area contributed by atoms with Gasteiger partial charge < -0.3 is 0 Å². The van der Waals surface area contributed by atoms with Crippen LogP contribution in [0.5, 0.6) is 0 Å². The highest BCUT2D eigenvalue weighted by atomic mass is 79.9. The van der Waals surface area contributed by atoms with Crippen molar-refractivity contribution in [1.82, 2.24) is 20.0 Å². The van der Waals surface area contributed by atoms with Crippen LogP contribution < -0.4 is 0 Å². The minimum atomic E-state index is -0.247. The number of hydrogen-bond acceptors (Lipinski definition) is 4. The van der Waals surface area contributed by atoms with E-state index in [9.17, 15) is 4.79 Å². The maximum absolute atomic E-state index is 12.6. The molecular formula is C14H8Br2N4O. The van der Waals surface area contributed by atoms with E-state index in [4.69, 9.17) is 0 Å². The molecule has 0 atom stereocenters. The molecule has 2 aromatic heterocycles. The number of aromatic nitrogens is 4. The van der Waals surface area contributed by atoms with Crippen LogP contribution in [-0.4, -0.2) is 25.8 Å². The van der Waals surface area contributed by atoms with Crippen LogP contribution >= 0.6 is 31.9 Å². The number of nitrogens with zero attached hydrogens (tertiary/aromatic N) is 4. The first kappa shape index (κ1) is 14.1. The van der Waals surface area contributed by atoms with Crippen LogP contribution in [0, 0.1) is 0 Å². The lowest BCUT2D eigenvalue weighted by Crippen LogP contribution is -2.12. The molecule has 0 N–H and O–H groups in total. The van der Waals surface area contributed by atoms with Gasteiger partial charge in [-0.15, -0.1) is 5.10 Å². The van der Waals surface area contributed by atoms with Gasteiger partial charge in [-0.25, -0.2) is 4.68 Å². The zero-order valence-corrected chi connectivity index (χ0v) is 13.7. The summed E-state index contributed by atoms with van der Waals surface area (Å²) in [5.41, 5.74) is 1.45. The number of para-hydroxylation sites is 1. The number of carbonyl (C=O) groups is 1. The van der Waals surface area contributed by atoms with Crippen molar-refractivity contribution in [1.29, 1.82) is 0 Å². The molecule has 0 amide bonds. The third kappa shape index (κ3) is 2.79. The molecule has 0 fully saturated rings. The fourth-order valence-electron chi connectivity index (χ4n) is 1.85. The Morgan fingerprint density at radius 1 is 1.10 bits per heavy atom. The van der Waals surface area contributed by atoms with Crippen molar-refractivity contribution in [3.05, 3.63) is 69.1 Å². The predicted octanol–water partition coefficient (Wildman–Crippen LogP) is 3.42. The van der Waals surface area contributed by atoms with E-state index in [0.717, 1.165) is 10.2 Å². The van der Waals surface area contributed by atoms with Crippen LogP contribution in [0.2, 0.25) is 0 Å². The summed E-state index contributed by atoms with van der Waals surface area (Å²) in [5, 5.41) is 7.81. The maximum atomic E-state index is 12.6. The molecule has 7 heteroatoms. The van der Waals surface area contributed by atoms with Gasteiger partial charge in [0.2, 0.25) is 5.78 Å².